The number of guanidine groups is 1. The molecule has 0 fully saturated rings. The highest BCUT2D eigenvalue weighted by Crippen LogP contribution is 2.29. The number of nitrogens with one attached hydrogen (secondary N) is 2. The third-order valence-corrected chi connectivity index (χ3v) is 3.22. The minimum absolute atomic E-state index is 0. The molecule has 0 aliphatic heterocycles. The van der Waals surface area contributed by atoms with E-state index in [1.165, 1.54) is 7.11 Å². The zero-order valence-corrected chi connectivity index (χ0v) is 16.2. The van der Waals surface area contributed by atoms with E-state index in [2.05, 4.69) is 20.6 Å². The summed E-state index contributed by atoms with van der Waals surface area (Å²) in [7, 11) is 1.53. The second kappa shape index (κ2) is 10.7. The van der Waals surface area contributed by atoms with Crippen LogP contribution in [0.1, 0.15) is 18.2 Å². The van der Waals surface area contributed by atoms with E-state index in [1.54, 1.807) is 12.3 Å². The van der Waals surface area contributed by atoms with Gasteiger partial charge in [0.15, 0.2) is 17.5 Å². The zero-order valence-electron chi connectivity index (χ0n) is 13.8. The number of aliphatic imine (C=N–C) groups is 1. The lowest BCUT2D eigenvalue weighted by Gasteiger charge is -2.12. The number of aromatic hydroxyl groups is 1. The van der Waals surface area contributed by atoms with E-state index >= 15 is 0 Å². The third kappa shape index (κ3) is 5.88. The van der Waals surface area contributed by atoms with Crippen molar-refractivity contribution in [2.75, 3.05) is 13.7 Å². The summed E-state index contributed by atoms with van der Waals surface area (Å²) in [4.78, 5) is 8.75. The van der Waals surface area contributed by atoms with Crippen LogP contribution >= 0.6 is 24.0 Å². The maximum absolute atomic E-state index is 10.1. The van der Waals surface area contributed by atoms with Gasteiger partial charge in [-0.25, -0.2) is 4.99 Å². The van der Waals surface area contributed by atoms with Crippen molar-refractivity contribution < 1.29 is 9.84 Å². The number of ether oxygens (including phenoxy) is 1. The van der Waals surface area contributed by atoms with Crippen LogP contribution in [0.15, 0.2) is 47.6 Å². The van der Waals surface area contributed by atoms with E-state index < -0.39 is 0 Å². The molecule has 1 aromatic carbocycles. The van der Waals surface area contributed by atoms with Gasteiger partial charge in [0.25, 0.3) is 0 Å². The molecule has 0 aliphatic carbocycles. The molecule has 130 valence electrons. The fourth-order valence-corrected chi connectivity index (χ4v) is 2.04. The Morgan fingerprint density at radius 2 is 2.04 bits per heavy atom. The lowest BCUT2D eigenvalue weighted by molar-refractivity contribution is 0.370. The van der Waals surface area contributed by atoms with Gasteiger partial charge < -0.3 is 20.5 Å². The molecule has 24 heavy (non-hydrogen) atoms. The van der Waals surface area contributed by atoms with Gasteiger partial charge in [-0.3, -0.25) is 4.98 Å². The van der Waals surface area contributed by atoms with Crippen molar-refractivity contribution in [3.05, 3.63) is 53.9 Å². The Balaban J connectivity index is 0.00000288. The van der Waals surface area contributed by atoms with Crippen LogP contribution in [-0.2, 0) is 13.1 Å². The lowest BCUT2D eigenvalue weighted by Crippen LogP contribution is -2.37. The van der Waals surface area contributed by atoms with Crippen molar-refractivity contribution in [2.24, 2.45) is 4.99 Å². The van der Waals surface area contributed by atoms with Crippen molar-refractivity contribution in [3.63, 3.8) is 0 Å². The Morgan fingerprint density at radius 3 is 2.71 bits per heavy atom. The molecule has 0 amide bonds. The number of nitrogens with zero attached hydrogens (tertiary/aromatic N) is 2. The van der Waals surface area contributed by atoms with Crippen LogP contribution in [0.3, 0.4) is 0 Å². The normalized spacial score (nSPS) is 10.7. The molecule has 0 bridgehead atoms. The summed E-state index contributed by atoms with van der Waals surface area (Å²) in [5.41, 5.74) is 1.64. The SMILES string of the molecule is CCNC(=NCc1cccc(OC)c1O)NCc1ccccn1.I. The van der Waals surface area contributed by atoms with Crippen molar-refractivity contribution in [1.29, 1.82) is 0 Å². The molecule has 0 radical (unpaired) electrons. The number of phenolic OH excluding ortho intramolecular Hbond substituents is 1. The minimum atomic E-state index is 0. The molecule has 0 atom stereocenters. The molecule has 3 N–H and O–H groups in total. The number of halogens is 1. The summed E-state index contributed by atoms with van der Waals surface area (Å²) in [6.45, 7) is 3.68. The topological polar surface area (TPSA) is 78.8 Å². The van der Waals surface area contributed by atoms with Gasteiger partial charge in [0.1, 0.15) is 0 Å². The molecule has 2 aromatic rings. The maximum atomic E-state index is 10.1. The summed E-state index contributed by atoms with van der Waals surface area (Å²) in [6, 6.07) is 11.1. The van der Waals surface area contributed by atoms with E-state index in [-0.39, 0.29) is 29.7 Å². The van der Waals surface area contributed by atoms with E-state index in [0.29, 0.717) is 30.4 Å². The summed E-state index contributed by atoms with van der Waals surface area (Å²) in [5, 5.41) is 16.5. The monoisotopic (exact) mass is 442 g/mol. The van der Waals surface area contributed by atoms with Crippen LogP contribution < -0.4 is 15.4 Å². The Hall–Kier alpha value is -2.03. The second-order valence-corrected chi connectivity index (χ2v) is 4.84. The highest BCUT2D eigenvalue weighted by Gasteiger charge is 2.07. The second-order valence-electron chi connectivity index (χ2n) is 4.84. The number of rotatable bonds is 6. The van der Waals surface area contributed by atoms with Gasteiger partial charge in [-0.2, -0.15) is 0 Å². The number of aromatic nitrogens is 1. The predicted molar refractivity (Wildman–Crippen MR) is 106 cm³/mol. The van der Waals surface area contributed by atoms with Crippen LogP contribution in [0.5, 0.6) is 11.5 Å². The van der Waals surface area contributed by atoms with Gasteiger partial charge in [0, 0.05) is 18.3 Å². The van der Waals surface area contributed by atoms with Gasteiger partial charge in [-0.15, -0.1) is 24.0 Å². The third-order valence-electron chi connectivity index (χ3n) is 3.22. The number of hydrogen-bond donors (Lipinski definition) is 3. The fourth-order valence-electron chi connectivity index (χ4n) is 2.04. The number of phenols is 1. The van der Waals surface area contributed by atoms with Crippen LogP contribution in [0.25, 0.3) is 0 Å². The maximum Gasteiger partial charge on any atom is 0.191 e. The fraction of sp³-hybridized carbons (Fsp3) is 0.294. The molecule has 0 spiro atoms. The van der Waals surface area contributed by atoms with Crippen LogP contribution in [-0.4, -0.2) is 29.7 Å². The van der Waals surface area contributed by atoms with E-state index in [9.17, 15) is 5.11 Å². The number of hydrogen-bond acceptors (Lipinski definition) is 4. The summed E-state index contributed by atoms with van der Waals surface area (Å²) in [6.07, 6.45) is 1.76. The molecule has 2 rings (SSSR count). The van der Waals surface area contributed by atoms with Gasteiger partial charge >= 0.3 is 0 Å². The van der Waals surface area contributed by atoms with Crippen molar-refractivity contribution in [3.8, 4) is 11.5 Å². The molecule has 0 aliphatic rings. The number of para-hydroxylation sites is 1. The Morgan fingerprint density at radius 1 is 1.21 bits per heavy atom. The van der Waals surface area contributed by atoms with Gasteiger partial charge in [0.2, 0.25) is 0 Å². The van der Waals surface area contributed by atoms with Crippen molar-refractivity contribution in [2.45, 2.75) is 20.0 Å². The van der Waals surface area contributed by atoms with Gasteiger partial charge in [-0.05, 0) is 25.1 Å². The molecule has 7 heteroatoms. The highest BCUT2D eigenvalue weighted by molar-refractivity contribution is 14.0. The van der Waals surface area contributed by atoms with E-state index in [4.69, 9.17) is 4.74 Å². The number of pyridine rings is 1. The molecule has 0 unspecified atom stereocenters. The molecule has 6 nitrogen and oxygen atoms in total. The molecule has 1 aromatic heterocycles. The zero-order chi connectivity index (χ0) is 16.5. The van der Waals surface area contributed by atoms with Gasteiger partial charge in [-0.1, -0.05) is 18.2 Å². The molecule has 1 heterocycles. The first-order valence-electron chi connectivity index (χ1n) is 7.51. The summed E-state index contributed by atoms with van der Waals surface area (Å²) < 4.78 is 5.11. The summed E-state index contributed by atoms with van der Waals surface area (Å²) in [5.74, 6) is 1.24. The van der Waals surface area contributed by atoms with Crippen molar-refractivity contribution in [1.82, 2.24) is 15.6 Å². The van der Waals surface area contributed by atoms with Gasteiger partial charge in [0.05, 0.1) is 25.9 Å². The average molecular weight is 442 g/mol. The number of benzene rings is 1. The molecular formula is C17H23IN4O2. The average Bonchev–Trinajstić information content (AvgIpc) is 2.59. The lowest BCUT2D eigenvalue weighted by atomic mass is 10.2. The van der Waals surface area contributed by atoms with Crippen LogP contribution in [0.2, 0.25) is 0 Å². The quantitative estimate of drug-likeness (QED) is 0.364. The Labute approximate surface area is 159 Å². The first-order chi connectivity index (χ1) is 11.2. The van der Waals surface area contributed by atoms with E-state index in [0.717, 1.165) is 12.2 Å². The molecule has 0 saturated heterocycles. The smallest absolute Gasteiger partial charge is 0.191 e. The molecular weight excluding hydrogens is 419 g/mol. The Bertz CT molecular complexity index is 650. The van der Waals surface area contributed by atoms with E-state index in [1.807, 2.05) is 37.3 Å². The first kappa shape index (κ1) is 20.0. The Kier molecular flexibility index (Phi) is 8.92. The first-order valence-corrected chi connectivity index (χ1v) is 7.51. The minimum Gasteiger partial charge on any atom is -0.504 e. The highest BCUT2D eigenvalue weighted by atomic mass is 127. The molecule has 0 saturated carbocycles. The van der Waals surface area contributed by atoms with Crippen molar-refractivity contribution >= 4 is 29.9 Å². The summed E-state index contributed by atoms with van der Waals surface area (Å²) >= 11 is 0. The number of methoxy groups -OCH3 is 1. The van der Waals surface area contributed by atoms with Crippen LogP contribution in [0.4, 0.5) is 0 Å². The largest absolute Gasteiger partial charge is 0.504 e. The standard InChI is InChI=1S/C17H22N4O2.HI/c1-3-18-17(21-12-14-8-4-5-10-19-14)20-11-13-7-6-9-15(23-2)16(13)22;/h4-10,22H,3,11-12H2,1-2H3,(H2,18,20,21);1H. The predicted octanol–water partition coefficient (Wildman–Crippen LogP) is 2.67. The van der Waals surface area contributed by atoms with Crippen LogP contribution in [0, 0.1) is 0 Å².